The van der Waals surface area contributed by atoms with Gasteiger partial charge in [0.15, 0.2) is 0 Å². The number of carboxylic acid groups (broad SMARTS) is 1. The molecule has 0 aliphatic heterocycles. The van der Waals surface area contributed by atoms with E-state index in [2.05, 4.69) is 9.88 Å². The number of hydrogen-bond donors (Lipinski definition) is 1. The van der Waals surface area contributed by atoms with Gasteiger partial charge in [-0.1, -0.05) is 13.8 Å². The molecule has 0 unspecified atom stereocenters. The van der Waals surface area contributed by atoms with Crippen LogP contribution in [0.4, 0.5) is 5.69 Å². The van der Waals surface area contributed by atoms with Gasteiger partial charge in [0, 0.05) is 12.6 Å². The molecule has 0 aromatic carbocycles. The molecule has 0 spiro atoms. The number of carboxylic acids is 1. The molecule has 8 heteroatoms. The fraction of sp³-hybridized carbons (Fsp3) is 0.500. The monoisotopic (exact) mass is 283 g/mol. The van der Waals surface area contributed by atoms with Gasteiger partial charge in [0.1, 0.15) is 18.4 Å². The van der Waals surface area contributed by atoms with Crippen molar-refractivity contribution < 1.29 is 19.6 Å². The molecule has 0 saturated heterocycles. The standard InChI is InChI=1S/C12H17N3O5/c1-3-14(4-2)5-6-20-11-7-9(12(16)17)10(8-13-11)15(18)19/h7-8H,3-6H2,1-2H3,(H,16,17). The number of ether oxygens (including phenoxy) is 1. The van der Waals surface area contributed by atoms with Crippen LogP contribution in [0.3, 0.4) is 0 Å². The van der Waals surface area contributed by atoms with E-state index in [4.69, 9.17) is 9.84 Å². The molecular formula is C12H17N3O5. The van der Waals surface area contributed by atoms with Crippen molar-refractivity contribution in [1.82, 2.24) is 9.88 Å². The normalized spacial score (nSPS) is 10.6. The second kappa shape index (κ2) is 7.39. The first kappa shape index (κ1) is 15.8. The maximum atomic E-state index is 11.0. The molecule has 1 heterocycles. The molecule has 8 nitrogen and oxygen atoms in total. The van der Waals surface area contributed by atoms with Crippen molar-refractivity contribution in [3.8, 4) is 5.88 Å². The summed E-state index contributed by atoms with van der Waals surface area (Å²) in [5.41, 5.74) is -0.976. The van der Waals surface area contributed by atoms with E-state index >= 15 is 0 Å². The number of nitrogens with zero attached hydrogens (tertiary/aromatic N) is 3. The van der Waals surface area contributed by atoms with Gasteiger partial charge < -0.3 is 14.7 Å². The third-order valence-corrected chi connectivity index (χ3v) is 2.84. The van der Waals surface area contributed by atoms with Crippen LogP contribution in [-0.4, -0.2) is 52.1 Å². The Morgan fingerprint density at radius 1 is 1.50 bits per heavy atom. The summed E-state index contributed by atoms with van der Waals surface area (Å²) in [5.74, 6) is -1.31. The number of aromatic nitrogens is 1. The van der Waals surface area contributed by atoms with Crippen LogP contribution < -0.4 is 4.74 Å². The summed E-state index contributed by atoms with van der Waals surface area (Å²) in [6.45, 7) is 6.83. The number of hydrogen-bond acceptors (Lipinski definition) is 6. The highest BCUT2D eigenvalue weighted by Gasteiger charge is 2.21. The summed E-state index contributed by atoms with van der Waals surface area (Å²) in [7, 11) is 0. The molecule has 0 bridgehead atoms. The van der Waals surface area contributed by atoms with Crippen molar-refractivity contribution in [2.24, 2.45) is 0 Å². The molecule has 0 atom stereocenters. The lowest BCUT2D eigenvalue weighted by atomic mass is 10.2. The zero-order valence-corrected chi connectivity index (χ0v) is 11.4. The van der Waals surface area contributed by atoms with Gasteiger partial charge in [-0.2, -0.15) is 0 Å². The predicted octanol–water partition coefficient (Wildman–Crippen LogP) is 1.41. The lowest BCUT2D eigenvalue weighted by Gasteiger charge is -2.17. The molecule has 0 fully saturated rings. The third-order valence-electron chi connectivity index (χ3n) is 2.84. The third kappa shape index (κ3) is 4.16. The van der Waals surface area contributed by atoms with Crippen molar-refractivity contribution in [3.05, 3.63) is 27.9 Å². The number of carbonyl (C=O) groups is 1. The molecule has 0 saturated carbocycles. The van der Waals surface area contributed by atoms with Crippen LogP contribution in [-0.2, 0) is 0 Å². The maximum Gasteiger partial charge on any atom is 0.342 e. The summed E-state index contributed by atoms with van der Waals surface area (Å²) >= 11 is 0. The molecule has 0 radical (unpaired) electrons. The molecular weight excluding hydrogens is 266 g/mol. The SMILES string of the molecule is CCN(CC)CCOc1cc(C(=O)O)c([N+](=O)[O-])cn1. The Hall–Kier alpha value is -2.22. The molecule has 1 N–H and O–H groups in total. The van der Waals surface area contributed by atoms with Gasteiger partial charge in [0.2, 0.25) is 5.88 Å². The molecule has 20 heavy (non-hydrogen) atoms. The lowest BCUT2D eigenvalue weighted by molar-refractivity contribution is -0.385. The highest BCUT2D eigenvalue weighted by Crippen LogP contribution is 2.21. The van der Waals surface area contributed by atoms with E-state index in [0.29, 0.717) is 13.2 Å². The summed E-state index contributed by atoms with van der Waals surface area (Å²) < 4.78 is 5.33. The number of rotatable bonds is 8. The summed E-state index contributed by atoms with van der Waals surface area (Å²) in [6, 6.07) is 1.07. The second-order valence-corrected chi connectivity index (χ2v) is 3.98. The Kier molecular flexibility index (Phi) is 5.85. The lowest BCUT2D eigenvalue weighted by Crippen LogP contribution is -2.28. The number of likely N-dealkylation sites (N-methyl/N-ethyl adjacent to an activating group) is 1. The Morgan fingerprint density at radius 2 is 2.15 bits per heavy atom. The van der Waals surface area contributed by atoms with E-state index in [9.17, 15) is 14.9 Å². The average molecular weight is 283 g/mol. The van der Waals surface area contributed by atoms with Crippen LogP contribution >= 0.6 is 0 Å². The van der Waals surface area contributed by atoms with E-state index in [0.717, 1.165) is 25.4 Å². The van der Waals surface area contributed by atoms with Crippen LogP contribution in [0.5, 0.6) is 5.88 Å². The van der Waals surface area contributed by atoms with E-state index in [-0.39, 0.29) is 5.88 Å². The van der Waals surface area contributed by atoms with E-state index < -0.39 is 22.1 Å². The van der Waals surface area contributed by atoms with Gasteiger partial charge in [-0.15, -0.1) is 0 Å². The van der Waals surface area contributed by atoms with Crippen LogP contribution in [0.15, 0.2) is 12.3 Å². The highest BCUT2D eigenvalue weighted by molar-refractivity contribution is 5.92. The van der Waals surface area contributed by atoms with Crippen molar-refractivity contribution >= 4 is 11.7 Å². The first-order valence-electron chi connectivity index (χ1n) is 6.22. The van der Waals surface area contributed by atoms with Crippen molar-refractivity contribution in [1.29, 1.82) is 0 Å². The van der Waals surface area contributed by atoms with Gasteiger partial charge in [-0.3, -0.25) is 10.1 Å². The Morgan fingerprint density at radius 3 is 2.65 bits per heavy atom. The molecule has 0 aliphatic rings. The fourth-order valence-electron chi connectivity index (χ4n) is 1.64. The molecule has 0 aliphatic carbocycles. The van der Waals surface area contributed by atoms with E-state index in [1.807, 2.05) is 13.8 Å². The number of nitro groups is 1. The average Bonchev–Trinajstić information content (AvgIpc) is 2.43. The molecule has 1 aromatic heterocycles. The molecule has 1 rings (SSSR count). The topological polar surface area (TPSA) is 106 Å². The quantitative estimate of drug-likeness (QED) is 0.567. The van der Waals surface area contributed by atoms with E-state index in [1.165, 1.54) is 0 Å². The summed E-state index contributed by atoms with van der Waals surface area (Å²) in [5, 5.41) is 19.6. The van der Waals surface area contributed by atoms with Crippen molar-refractivity contribution in [2.75, 3.05) is 26.2 Å². The molecule has 0 amide bonds. The minimum atomic E-state index is -1.38. The van der Waals surface area contributed by atoms with Crippen LogP contribution in [0, 0.1) is 10.1 Å². The van der Waals surface area contributed by atoms with Crippen molar-refractivity contribution in [2.45, 2.75) is 13.8 Å². The predicted molar refractivity (Wildman–Crippen MR) is 71.1 cm³/mol. The second-order valence-electron chi connectivity index (χ2n) is 3.98. The Labute approximate surface area is 116 Å². The van der Waals surface area contributed by atoms with E-state index in [1.54, 1.807) is 0 Å². The van der Waals surface area contributed by atoms with Gasteiger partial charge in [-0.25, -0.2) is 9.78 Å². The summed E-state index contributed by atoms with van der Waals surface area (Å²) in [6.07, 6.45) is 0.899. The summed E-state index contributed by atoms with van der Waals surface area (Å²) in [4.78, 5) is 26.7. The Balaban J connectivity index is 2.75. The zero-order chi connectivity index (χ0) is 15.1. The smallest absolute Gasteiger partial charge is 0.342 e. The van der Waals surface area contributed by atoms with Gasteiger partial charge in [-0.05, 0) is 13.1 Å². The van der Waals surface area contributed by atoms with Crippen LogP contribution in [0.1, 0.15) is 24.2 Å². The van der Waals surface area contributed by atoms with Crippen LogP contribution in [0.25, 0.3) is 0 Å². The van der Waals surface area contributed by atoms with Gasteiger partial charge in [0.05, 0.1) is 4.92 Å². The molecule has 110 valence electrons. The maximum absolute atomic E-state index is 11.0. The molecule has 1 aromatic rings. The van der Waals surface area contributed by atoms with Gasteiger partial charge >= 0.3 is 11.7 Å². The number of aromatic carboxylic acids is 1. The minimum Gasteiger partial charge on any atom is -0.477 e. The van der Waals surface area contributed by atoms with Gasteiger partial charge in [0.25, 0.3) is 0 Å². The van der Waals surface area contributed by atoms with Crippen molar-refractivity contribution in [3.63, 3.8) is 0 Å². The largest absolute Gasteiger partial charge is 0.477 e. The fourth-order valence-corrected chi connectivity index (χ4v) is 1.64. The highest BCUT2D eigenvalue weighted by atomic mass is 16.6. The Bertz CT molecular complexity index is 488. The van der Waals surface area contributed by atoms with Crippen LogP contribution in [0.2, 0.25) is 0 Å². The number of pyridine rings is 1. The first-order chi connectivity index (χ1) is 9.49. The minimum absolute atomic E-state index is 0.0696. The zero-order valence-electron chi connectivity index (χ0n) is 11.4. The first-order valence-corrected chi connectivity index (χ1v) is 6.22.